The summed E-state index contributed by atoms with van der Waals surface area (Å²) in [5, 5.41) is 22.5. The molecule has 1 aliphatic heterocycles. The largest absolute Gasteiger partial charge is 0.550 e. The second-order valence-corrected chi connectivity index (χ2v) is 6.90. The summed E-state index contributed by atoms with van der Waals surface area (Å²) in [7, 11) is 0. The summed E-state index contributed by atoms with van der Waals surface area (Å²) in [4.78, 5) is 23.7. The minimum absolute atomic E-state index is 0.124. The first-order chi connectivity index (χ1) is 13.5. The van der Waals surface area contributed by atoms with Gasteiger partial charge in [-0.15, -0.1) is 0 Å². The van der Waals surface area contributed by atoms with Crippen LogP contribution >= 0.6 is 0 Å². The fourth-order valence-corrected chi connectivity index (χ4v) is 3.72. The highest BCUT2D eigenvalue weighted by Crippen LogP contribution is 2.59. The molecule has 2 aliphatic rings. The number of benzene rings is 2. The third-order valence-corrected chi connectivity index (χ3v) is 5.10. The summed E-state index contributed by atoms with van der Waals surface area (Å²) in [6, 6.07) is 21.7. The number of carboxylic acid groups (broad SMARTS) is 2. The van der Waals surface area contributed by atoms with Crippen LogP contribution < -0.4 is 15.5 Å². The third-order valence-electron chi connectivity index (χ3n) is 5.10. The molecule has 1 aliphatic carbocycles. The van der Waals surface area contributed by atoms with Crippen LogP contribution in [-0.2, 0) is 15.0 Å². The topological polar surface area (TPSA) is 105 Å². The molecule has 0 radical (unpaired) electrons. The van der Waals surface area contributed by atoms with E-state index in [1.54, 1.807) is 0 Å². The van der Waals surface area contributed by atoms with Crippen LogP contribution in [-0.4, -0.2) is 30.9 Å². The van der Waals surface area contributed by atoms with E-state index in [9.17, 15) is 19.8 Å². The number of aliphatic carboxylic acids is 2. The Kier molecular flexibility index (Phi) is 6.09. The summed E-state index contributed by atoms with van der Waals surface area (Å²) >= 11 is 0. The van der Waals surface area contributed by atoms with Gasteiger partial charge in [-0.25, -0.2) is 0 Å². The molecule has 0 amide bonds. The Morgan fingerprint density at radius 2 is 1.43 bits per heavy atom. The fraction of sp³-hybridized carbons (Fsp3) is 0.318. The van der Waals surface area contributed by atoms with E-state index in [4.69, 9.17) is 0 Å². The lowest BCUT2D eigenvalue weighted by atomic mass is 9.85. The van der Waals surface area contributed by atoms with Crippen LogP contribution in [0.5, 0.6) is 0 Å². The zero-order valence-electron chi connectivity index (χ0n) is 15.5. The molecule has 6 heteroatoms. The van der Waals surface area contributed by atoms with Gasteiger partial charge in [0.25, 0.3) is 0 Å². The number of carboxylic acids is 2. The molecule has 0 aromatic heterocycles. The van der Waals surface area contributed by atoms with E-state index >= 15 is 0 Å². The minimum atomic E-state index is -1.37. The van der Waals surface area contributed by atoms with Gasteiger partial charge >= 0.3 is 0 Å². The van der Waals surface area contributed by atoms with Crippen LogP contribution in [0.4, 0.5) is 0 Å². The molecule has 2 aromatic carbocycles. The molecule has 1 N–H and O–H groups in total. The van der Waals surface area contributed by atoms with Crippen LogP contribution in [0.15, 0.2) is 65.7 Å². The SMILES string of the molecule is O=C([O-])CCC(=O)[O-].c1ccc(C2(c3ccccc3)CC2C2=NCCN2)cc1. The summed E-state index contributed by atoms with van der Waals surface area (Å²) < 4.78 is 0. The Bertz CT molecular complexity index is 796. The number of amidine groups is 1. The van der Waals surface area contributed by atoms with Gasteiger partial charge in [-0.05, 0) is 30.4 Å². The van der Waals surface area contributed by atoms with Crippen molar-refractivity contribution in [2.45, 2.75) is 24.7 Å². The lowest BCUT2D eigenvalue weighted by Crippen LogP contribution is -2.27. The fourth-order valence-electron chi connectivity index (χ4n) is 3.72. The number of aliphatic imine (C=N–C) groups is 1. The number of hydrogen-bond donors (Lipinski definition) is 1. The molecule has 1 heterocycles. The predicted octanol–water partition coefficient (Wildman–Crippen LogP) is 0.261. The average Bonchev–Trinajstić information content (AvgIpc) is 3.24. The highest BCUT2D eigenvalue weighted by atomic mass is 16.4. The van der Waals surface area contributed by atoms with E-state index in [1.807, 2.05) is 0 Å². The first-order valence-electron chi connectivity index (χ1n) is 9.33. The highest BCUT2D eigenvalue weighted by molar-refractivity contribution is 5.91. The molecule has 0 saturated heterocycles. The van der Waals surface area contributed by atoms with Crippen molar-refractivity contribution < 1.29 is 19.8 Å². The monoisotopic (exact) mass is 378 g/mol. The summed E-state index contributed by atoms with van der Waals surface area (Å²) in [6.07, 6.45) is 0.220. The Labute approximate surface area is 163 Å². The van der Waals surface area contributed by atoms with Crippen molar-refractivity contribution in [1.82, 2.24) is 5.32 Å². The molecule has 0 bridgehead atoms. The molecule has 28 heavy (non-hydrogen) atoms. The van der Waals surface area contributed by atoms with E-state index in [-0.39, 0.29) is 5.41 Å². The number of carbonyl (C=O) groups is 2. The molecule has 0 spiro atoms. The van der Waals surface area contributed by atoms with Gasteiger partial charge in [0, 0.05) is 29.8 Å². The van der Waals surface area contributed by atoms with Crippen LogP contribution in [0.2, 0.25) is 0 Å². The standard InChI is InChI=1S/C18H18N2.C4H6O4/c1-3-7-14(8-4-1)18(15-9-5-2-6-10-15)13-16(18)17-19-11-12-20-17;5-3(6)1-2-4(7)8/h1-10,16H,11-13H2,(H,19,20);1-2H2,(H,5,6)(H,7,8)/p-2. The zero-order chi connectivity index (χ0) is 20.0. The number of rotatable bonds is 6. The number of hydrogen-bond acceptors (Lipinski definition) is 6. The minimum Gasteiger partial charge on any atom is -0.550 e. The van der Waals surface area contributed by atoms with Crippen LogP contribution in [0.1, 0.15) is 30.4 Å². The summed E-state index contributed by atoms with van der Waals surface area (Å²) in [5.74, 6) is -1.02. The molecular weight excluding hydrogens is 356 g/mol. The average molecular weight is 378 g/mol. The van der Waals surface area contributed by atoms with Crippen molar-refractivity contribution >= 4 is 17.8 Å². The molecule has 1 unspecified atom stereocenters. The second kappa shape index (κ2) is 8.69. The second-order valence-electron chi connectivity index (χ2n) is 6.90. The van der Waals surface area contributed by atoms with E-state index < -0.39 is 24.8 Å². The molecule has 4 rings (SSSR count). The maximum atomic E-state index is 9.50. The molecule has 2 aromatic rings. The van der Waals surface area contributed by atoms with Crippen molar-refractivity contribution in [3.63, 3.8) is 0 Å². The Hall–Kier alpha value is -3.15. The molecule has 6 nitrogen and oxygen atoms in total. The van der Waals surface area contributed by atoms with Gasteiger partial charge in [0.15, 0.2) is 0 Å². The van der Waals surface area contributed by atoms with Gasteiger partial charge in [0.05, 0.1) is 6.54 Å². The highest BCUT2D eigenvalue weighted by Gasteiger charge is 2.59. The number of carbonyl (C=O) groups excluding carboxylic acids is 2. The van der Waals surface area contributed by atoms with E-state index in [0.29, 0.717) is 5.92 Å². The predicted molar refractivity (Wildman–Crippen MR) is 101 cm³/mol. The normalized spacial score (nSPS) is 18.9. The van der Waals surface area contributed by atoms with Crippen molar-refractivity contribution in [3.8, 4) is 0 Å². The molecule has 146 valence electrons. The Balaban J connectivity index is 0.000000242. The Morgan fingerprint density at radius 3 is 1.82 bits per heavy atom. The van der Waals surface area contributed by atoms with E-state index in [2.05, 4.69) is 71.0 Å². The van der Waals surface area contributed by atoms with Gasteiger partial charge < -0.3 is 25.1 Å². The van der Waals surface area contributed by atoms with Gasteiger partial charge in [0.2, 0.25) is 0 Å². The van der Waals surface area contributed by atoms with Crippen LogP contribution in [0.3, 0.4) is 0 Å². The number of nitrogens with zero attached hydrogens (tertiary/aromatic N) is 1. The van der Waals surface area contributed by atoms with Crippen molar-refractivity contribution in [1.29, 1.82) is 0 Å². The van der Waals surface area contributed by atoms with Gasteiger partial charge in [-0.1, -0.05) is 60.7 Å². The molecule has 1 saturated carbocycles. The first kappa shape index (κ1) is 19.6. The number of nitrogens with one attached hydrogen (secondary N) is 1. The lowest BCUT2D eigenvalue weighted by Gasteiger charge is -2.19. The Morgan fingerprint density at radius 1 is 0.929 bits per heavy atom. The molecular formula is C22H22N2O4-2. The van der Waals surface area contributed by atoms with Crippen molar-refractivity contribution in [2.24, 2.45) is 10.9 Å². The molecule has 1 fully saturated rings. The molecule has 1 atom stereocenters. The van der Waals surface area contributed by atoms with Gasteiger partial charge in [0.1, 0.15) is 5.84 Å². The third kappa shape index (κ3) is 4.39. The maximum absolute atomic E-state index is 9.50. The quantitative estimate of drug-likeness (QED) is 0.776. The van der Waals surface area contributed by atoms with E-state index in [1.165, 1.54) is 17.0 Å². The van der Waals surface area contributed by atoms with Gasteiger partial charge in [-0.3, -0.25) is 4.99 Å². The summed E-state index contributed by atoms with van der Waals surface area (Å²) in [5.41, 5.74) is 2.94. The maximum Gasteiger partial charge on any atom is 0.101 e. The summed E-state index contributed by atoms with van der Waals surface area (Å²) in [6.45, 7) is 1.91. The van der Waals surface area contributed by atoms with Gasteiger partial charge in [-0.2, -0.15) is 0 Å². The van der Waals surface area contributed by atoms with E-state index in [0.717, 1.165) is 19.5 Å². The zero-order valence-corrected chi connectivity index (χ0v) is 15.5. The van der Waals surface area contributed by atoms with Crippen LogP contribution in [0.25, 0.3) is 0 Å². The van der Waals surface area contributed by atoms with Crippen LogP contribution in [0, 0.1) is 5.92 Å². The van der Waals surface area contributed by atoms with Crippen molar-refractivity contribution in [2.75, 3.05) is 13.1 Å². The first-order valence-corrected chi connectivity index (χ1v) is 9.33. The lowest BCUT2D eigenvalue weighted by molar-refractivity contribution is -0.315. The smallest absolute Gasteiger partial charge is 0.101 e. The van der Waals surface area contributed by atoms with Crippen molar-refractivity contribution in [3.05, 3.63) is 71.8 Å².